The Labute approximate surface area is 180 Å². The van der Waals surface area contributed by atoms with E-state index in [-0.39, 0.29) is 18.1 Å². The molecule has 2 aromatic heterocycles. The number of nitrogens with zero attached hydrogens (tertiary/aromatic N) is 2. The Morgan fingerprint density at radius 1 is 1.17 bits per heavy atom. The zero-order chi connectivity index (χ0) is 20.9. The summed E-state index contributed by atoms with van der Waals surface area (Å²) in [5.74, 6) is 1.38. The van der Waals surface area contributed by atoms with Gasteiger partial charge in [-0.2, -0.15) is 0 Å². The number of furan rings is 1. The highest BCUT2D eigenvalue weighted by atomic mass is 32.1. The average molecular weight is 422 g/mol. The number of pyridine rings is 1. The molecule has 1 aliphatic rings. The van der Waals surface area contributed by atoms with Crippen LogP contribution in [-0.4, -0.2) is 34.6 Å². The maximum Gasteiger partial charge on any atom is 0.305 e. The quantitative estimate of drug-likeness (QED) is 0.451. The highest BCUT2D eigenvalue weighted by molar-refractivity contribution is 7.80. The van der Waals surface area contributed by atoms with Gasteiger partial charge in [0.2, 0.25) is 0 Å². The average Bonchev–Trinajstić information content (AvgIpc) is 3.40. The lowest BCUT2D eigenvalue weighted by atomic mass is 10.0. The van der Waals surface area contributed by atoms with Gasteiger partial charge in [0.1, 0.15) is 17.6 Å². The molecule has 0 aliphatic carbocycles. The zero-order valence-corrected chi connectivity index (χ0v) is 17.5. The van der Waals surface area contributed by atoms with Gasteiger partial charge in [-0.15, -0.1) is 0 Å². The van der Waals surface area contributed by atoms with Gasteiger partial charge < -0.3 is 19.4 Å². The Morgan fingerprint density at radius 2 is 1.97 bits per heavy atom. The molecule has 0 unspecified atom stereocenters. The van der Waals surface area contributed by atoms with Crippen molar-refractivity contribution in [2.75, 3.05) is 13.7 Å². The topological polar surface area (TPSA) is 67.6 Å². The molecule has 1 aromatic carbocycles. The van der Waals surface area contributed by atoms with Gasteiger partial charge in [-0.25, -0.2) is 0 Å². The maximum absolute atomic E-state index is 11.5. The minimum absolute atomic E-state index is 0.147. The van der Waals surface area contributed by atoms with Gasteiger partial charge in [0.25, 0.3) is 0 Å². The number of nitrogens with one attached hydrogen (secondary N) is 1. The normalized spacial score (nSPS) is 18.3. The molecule has 1 fully saturated rings. The standard InChI is InChI=1S/C23H23N3O3S/c1-28-20(27)11-7-15-26-22(21(25-23(26)30)17-10-5-6-14-24-17)19-13-12-18(29-19)16-8-3-2-4-9-16/h2-6,8-10,12-14,21-22H,7,11,15H2,1H3,(H,25,30)/t21-,22-/m0/s1. The number of hydrogen-bond donors (Lipinski definition) is 1. The summed E-state index contributed by atoms with van der Waals surface area (Å²) in [5.41, 5.74) is 1.90. The Balaban J connectivity index is 1.64. The van der Waals surface area contributed by atoms with Crippen LogP contribution in [0.4, 0.5) is 0 Å². The molecule has 30 heavy (non-hydrogen) atoms. The van der Waals surface area contributed by atoms with E-state index in [9.17, 15) is 4.79 Å². The summed E-state index contributed by atoms with van der Waals surface area (Å²) in [6.07, 6.45) is 2.74. The highest BCUT2D eigenvalue weighted by Crippen LogP contribution is 2.40. The molecule has 3 aromatic rings. The molecule has 2 atom stereocenters. The lowest BCUT2D eigenvalue weighted by molar-refractivity contribution is -0.140. The molecule has 0 amide bonds. The predicted molar refractivity (Wildman–Crippen MR) is 118 cm³/mol. The van der Waals surface area contributed by atoms with Gasteiger partial charge in [-0.1, -0.05) is 36.4 Å². The van der Waals surface area contributed by atoms with E-state index in [0.29, 0.717) is 24.5 Å². The second-order valence-corrected chi connectivity index (χ2v) is 7.45. The third-order valence-electron chi connectivity index (χ3n) is 5.18. The van der Waals surface area contributed by atoms with Crippen LogP contribution in [0.15, 0.2) is 71.3 Å². The van der Waals surface area contributed by atoms with Crippen molar-refractivity contribution < 1.29 is 13.9 Å². The molecule has 154 valence electrons. The Hall–Kier alpha value is -3.19. The van der Waals surface area contributed by atoms with Gasteiger partial charge in [-0.3, -0.25) is 9.78 Å². The summed E-state index contributed by atoms with van der Waals surface area (Å²) in [7, 11) is 1.40. The summed E-state index contributed by atoms with van der Waals surface area (Å²) < 4.78 is 11.0. The number of esters is 1. The molecule has 0 bridgehead atoms. The molecule has 0 spiro atoms. The molecule has 1 N–H and O–H groups in total. The summed E-state index contributed by atoms with van der Waals surface area (Å²) in [5, 5.41) is 4.01. The van der Waals surface area contributed by atoms with E-state index in [2.05, 4.69) is 15.2 Å². The van der Waals surface area contributed by atoms with E-state index in [1.165, 1.54) is 7.11 Å². The van der Waals surface area contributed by atoms with E-state index < -0.39 is 0 Å². The molecule has 1 aliphatic heterocycles. The van der Waals surface area contributed by atoms with Crippen molar-refractivity contribution in [1.29, 1.82) is 0 Å². The lowest BCUT2D eigenvalue weighted by Gasteiger charge is -2.25. The van der Waals surface area contributed by atoms with Crippen LogP contribution in [-0.2, 0) is 9.53 Å². The van der Waals surface area contributed by atoms with Crippen molar-refractivity contribution in [3.63, 3.8) is 0 Å². The summed E-state index contributed by atoms with van der Waals surface area (Å²) in [4.78, 5) is 18.1. The predicted octanol–water partition coefficient (Wildman–Crippen LogP) is 4.27. The van der Waals surface area contributed by atoms with Crippen LogP contribution in [0.3, 0.4) is 0 Å². The van der Waals surface area contributed by atoms with Gasteiger partial charge in [-0.05, 0) is 42.9 Å². The van der Waals surface area contributed by atoms with Crippen molar-refractivity contribution in [2.24, 2.45) is 0 Å². The summed E-state index contributed by atoms with van der Waals surface area (Å²) in [6, 6.07) is 19.5. The Bertz CT molecular complexity index is 1010. The van der Waals surface area contributed by atoms with Crippen LogP contribution < -0.4 is 5.32 Å². The SMILES string of the molecule is COC(=O)CCCN1C(=S)N[C@@H](c2ccccn2)[C@@H]1c1ccc(-c2ccccc2)o1. The number of hydrogen-bond acceptors (Lipinski definition) is 5. The molecular weight excluding hydrogens is 398 g/mol. The van der Waals surface area contributed by atoms with Crippen LogP contribution >= 0.6 is 12.2 Å². The number of carbonyl (C=O) groups excluding carboxylic acids is 1. The third kappa shape index (κ3) is 4.21. The fourth-order valence-corrected chi connectivity index (χ4v) is 4.05. The molecule has 3 heterocycles. The minimum atomic E-state index is -0.227. The monoisotopic (exact) mass is 421 g/mol. The van der Waals surface area contributed by atoms with Crippen molar-refractivity contribution in [1.82, 2.24) is 15.2 Å². The van der Waals surface area contributed by atoms with E-state index in [1.54, 1.807) is 6.20 Å². The molecule has 7 heteroatoms. The lowest BCUT2D eigenvalue weighted by Crippen LogP contribution is -2.30. The first-order valence-electron chi connectivity index (χ1n) is 9.87. The maximum atomic E-state index is 11.5. The second-order valence-electron chi connectivity index (χ2n) is 7.07. The summed E-state index contributed by atoms with van der Waals surface area (Å²) >= 11 is 5.63. The van der Waals surface area contributed by atoms with Crippen LogP contribution in [0.1, 0.15) is 36.4 Å². The van der Waals surface area contributed by atoms with Crippen LogP contribution in [0.5, 0.6) is 0 Å². The zero-order valence-electron chi connectivity index (χ0n) is 16.7. The highest BCUT2D eigenvalue weighted by Gasteiger charge is 2.41. The molecule has 0 radical (unpaired) electrons. The first-order chi connectivity index (χ1) is 14.7. The van der Waals surface area contributed by atoms with Gasteiger partial charge in [0.15, 0.2) is 5.11 Å². The Morgan fingerprint density at radius 3 is 2.70 bits per heavy atom. The number of rotatable bonds is 7. The second kappa shape index (κ2) is 9.09. The number of ether oxygens (including phenoxy) is 1. The molecule has 1 saturated heterocycles. The third-order valence-corrected chi connectivity index (χ3v) is 5.53. The van der Waals surface area contributed by atoms with Gasteiger partial charge in [0, 0.05) is 24.7 Å². The fourth-order valence-electron chi connectivity index (χ4n) is 3.72. The van der Waals surface area contributed by atoms with Gasteiger partial charge in [0.05, 0.1) is 18.8 Å². The first kappa shape index (κ1) is 20.1. The smallest absolute Gasteiger partial charge is 0.305 e. The number of benzene rings is 1. The van der Waals surface area contributed by atoms with Gasteiger partial charge >= 0.3 is 5.97 Å². The number of thiocarbonyl (C=S) groups is 1. The molecule has 6 nitrogen and oxygen atoms in total. The fraction of sp³-hybridized carbons (Fsp3) is 0.261. The molecule has 0 saturated carbocycles. The minimum Gasteiger partial charge on any atom is -0.469 e. The molecule has 4 rings (SSSR count). The van der Waals surface area contributed by atoms with E-state index >= 15 is 0 Å². The number of aromatic nitrogens is 1. The number of carbonyl (C=O) groups is 1. The summed E-state index contributed by atoms with van der Waals surface area (Å²) in [6.45, 7) is 0.607. The number of methoxy groups -OCH3 is 1. The van der Waals surface area contributed by atoms with Crippen molar-refractivity contribution in [3.05, 3.63) is 78.3 Å². The van der Waals surface area contributed by atoms with Crippen molar-refractivity contribution in [3.8, 4) is 11.3 Å². The van der Waals surface area contributed by atoms with Crippen LogP contribution in [0.2, 0.25) is 0 Å². The van der Waals surface area contributed by atoms with Crippen LogP contribution in [0, 0.1) is 0 Å². The van der Waals surface area contributed by atoms with Crippen molar-refractivity contribution in [2.45, 2.75) is 24.9 Å². The van der Waals surface area contributed by atoms with E-state index in [1.807, 2.05) is 60.7 Å². The molecular formula is C23H23N3O3S. The van der Waals surface area contributed by atoms with Crippen molar-refractivity contribution >= 4 is 23.3 Å². The largest absolute Gasteiger partial charge is 0.469 e. The van der Waals surface area contributed by atoms with Crippen LogP contribution in [0.25, 0.3) is 11.3 Å². The van der Waals surface area contributed by atoms with E-state index in [0.717, 1.165) is 22.8 Å². The van der Waals surface area contributed by atoms with E-state index in [4.69, 9.17) is 21.4 Å². The first-order valence-corrected chi connectivity index (χ1v) is 10.3. The Kier molecular flexibility index (Phi) is 6.09.